The molecule has 1 atom stereocenters. The molecule has 3 N–H and O–H groups in total. The molecule has 0 spiro atoms. The summed E-state index contributed by atoms with van der Waals surface area (Å²) in [7, 11) is 0. The van der Waals surface area contributed by atoms with Crippen LogP contribution in [0.3, 0.4) is 0 Å². The van der Waals surface area contributed by atoms with Gasteiger partial charge in [0.1, 0.15) is 0 Å². The molecule has 2 aromatic heterocycles. The zero-order valence-corrected chi connectivity index (χ0v) is 14.1. The smallest absolute Gasteiger partial charge is 0.220 e. The predicted octanol–water partition coefficient (Wildman–Crippen LogP) is 2.46. The third-order valence-electron chi connectivity index (χ3n) is 4.33. The van der Waals surface area contributed by atoms with Crippen LogP contribution < -0.4 is 5.32 Å². The van der Waals surface area contributed by atoms with Crippen molar-refractivity contribution < 1.29 is 9.90 Å². The minimum Gasteiger partial charge on any atom is -0.396 e. The van der Waals surface area contributed by atoms with Gasteiger partial charge in [0.2, 0.25) is 5.91 Å². The van der Waals surface area contributed by atoms with Crippen LogP contribution in [0.1, 0.15) is 17.7 Å². The number of fused-ring (bicyclic) bond motifs is 1. The Labute approximate surface area is 147 Å². The van der Waals surface area contributed by atoms with Crippen LogP contribution in [0.5, 0.6) is 0 Å². The van der Waals surface area contributed by atoms with E-state index >= 15 is 0 Å². The van der Waals surface area contributed by atoms with Crippen LogP contribution in [0.4, 0.5) is 0 Å². The minimum atomic E-state index is -0.0185. The van der Waals surface area contributed by atoms with Crippen molar-refractivity contribution >= 4 is 16.8 Å². The number of rotatable bonds is 8. The Morgan fingerprint density at radius 1 is 1.24 bits per heavy atom. The van der Waals surface area contributed by atoms with Gasteiger partial charge in [0.15, 0.2) is 0 Å². The van der Waals surface area contributed by atoms with Gasteiger partial charge < -0.3 is 15.4 Å². The standard InChI is InChI=1S/C20H23N3O2/c24-14-16(12-18-3-1-2-9-21-18)13-23-20(25)7-5-15-4-6-19-17(11-15)8-10-22-19/h1-4,6,8-11,16,22,24H,5,7,12-14H2,(H,23,25). The molecule has 1 aromatic carbocycles. The number of nitrogens with zero attached hydrogens (tertiary/aromatic N) is 1. The Hall–Kier alpha value is -2.66. The van der Waals surface area contributed by atoms with Crippen molar-refractivity contribution in [3.05, 3.63) is 66.1 Å². The van der Waals surface area contributed by atoms with E-state index in [0.29, 0.717) is 25.8 Å². The number of aromatic amines is 1. The van der Waals surface area contributed by atoms with Crippen molar-refractivity contribution in [3.63, 3.8) is 0 Å². The first kappa shape index (κ1) is 17.2. The highest BCUT2D eigenvalue weighted by Crippen LogP contribution is 2.15. The number of aliphatic hydroxyl groups excluding tert-OH is 1. The van der Waals surface area contributed by atoms with Crippen molar-refractivity contribution in [2.75, 3.05) is 13.2 Å². The second kappa shape index (κ2) is 8.44. The highest BCUT2D eigenvalue weighted by molar-refractivity contribution is 5.80. The van der Waals surface area contributed by atoms with Crippen molar-refractivity contribution in [3.8, 4) is 0 Å². The molecule has 130 valence electrons. The summed E-state index contributed by atoms with van der Waals surface area (Å²) in [5, 5.41) is 13.6. The fraction of sp³-hybridized carbons (Fsp3) is 0.300. The normalized spacial score (nSPS) is 12.2. The molecule has 0 radical (unpaired) electrons. The molecule has 0 bridgehead atoms. The summed E-state index contributed by atoms with van der Waals surface area (Å²) >= 11 is 0. The molecule has 5 heteroatoms. The number of aryl methyl sites for hydroxylation is 1. The third kappa shape index (κ3) is 4.90. The quantitative estimate of drug-likeness (QED) is 0.591. The zero-order valence-electron chi connectivity index (χ0n) is 14.1. The molecule has 1 unspecified atom stereocenters. The maximum atomic E-state index is 12.1. The zero-order chi connectivity index (χ0) is 17.5. The van der Waals surface area contributed by atoms with Crippen molar-refractivity contribution in [1.82, 2.24) is 15.3 Å². The van der Waals surface area contributed by atoms with Crippen LogP contribution in [0.2, 0.25) is 0 Å². The summed E-state index contributed by atoms with van der Waals surface area (Å²) in [6.45, 7) is 0.490. The Bertz CT molecular complexity index is 814. The molecule has 3 aromatic rings. The van der Waals surface area contributed by atoms with Gasteiger partial charge >= 0.3 is 0 Å². The van der Waals surface area contributed by atoms with Gasteiger partial charge in [-0.05, 0) is 54.1 Å². The van der Waals surface area contributed by atoms with E-state index in [1.54, 1.807) is 6.20 Å². The summed E-state index contributed by atoms with van der Waals surface area (Å²) in [5.41, 5.74) is 3.18. The first-order valence-corrected chi connectivity index (χ1v) is 8.58. The number of nitrogens with one attached hydrogen (secondary N) is 2. The average molecular weight is 337 g/mol. The Kier molecular flexibility index (Phi) is 5.80. The van der Waals surface area contributed by atoms with Gasteiger partial charge in [-0.25, -0.2) is 0 Å². The second-order valence-electron chi connectivity index (χ2n) is 6.28. The number of hydrogen-bond donors (Lipinski definition) is 3. The summed E-state index contributed by atoms with van der Waals surface area (Å²) in [6.07, 6.45) is 5.46. The molecule has 0 aliphatic heterocycles. The molecular weight excluding hydrogens is 314 g/mol. The Morgan fingerprint density at radius 2 is 2.16 bits per heavy atom. The van der Waals surface area contributed by atoms with E-state index in [-0.39, 0.29) is 18.4 Å². The highest BCUT2D eigenvalue weighted by atomic mass is 16.3. The number of carbonyl (C=O) groups is 1. The number of hydrogen-bond acceptors (Lipinski definition) is 3. The largest absolute Gasteiger partial charge is 0.396 e. The fourth-order valence-corrected chi connectivity index (χ4v) is 2.88. The molecule has 3 rings (SSSR count). The van der Waals surface area contributed by atoms with Crippen LogP contribution in [0, 0.1) is 5.92 Å². The lowest BCUT2D eigenvalue weighted by Crippen LogP contribution is -2.32. The summed E-state index contributed by atoms with van der Waals surface area (Å²) in [5.74, 6) is -0.0105. The van der Waals surface area contributed by atoms with Crippen LogP contribution in [-0.2, 0) is 17.6 Å². The number of H-pyrrole nitrogens is 1. The number of benzene rings is 1. The molecule has 5 nitrogen and oxygen atoms in total. The number of pyridine rings is 1. The molecule has 0 fully saturated rings. The number of amides is 1. The topological polar surface area (TPSA) is 78.0 Å². The number of aliphatic hydroxyl groups is 1. The molecule has 1 amide bonds. The lowest BCUT2D eigenvalue weighted by Gasteiger charge is -2.14. The highest BCUT2D eigenvalue weighted by Gasteiger charge is 2.11. The molecule has 2 heterocycles. The van der Waals surface area contributed by atoms with Gasteiger partial charge in [-0.2, -0.15) is 0 Å². The summed E-state index contributed by atoms with van der Waals surface area (Å²) in [6, 6.07) is 13.9. The van der Waals surface area contributed by atoms with E-state index in [1.807, 2.05) is 42.6 Å². The van der Waals surface area contributed by atoms with Gasteiger partial charge in [0, 0.05) is 49.1 Å². The van der Waals surface area contributed by atoms with Gasteiger partial charge in [0.25, 0.3) is 0 Å². The Balaban J connectivity index is 1.45. The summed E-state index contributed by atoms with van der Waals surface area (Å²) < 4.78 is 0. The molecule has 0 saturated carbocycles. The molecule has 0 saturated heterocycles. The summed E-state index contributed by atoms with van der Waals surface area (Å²) in [4.78, 5) is 19.5. The predicted molar refractivity (Wildman–Crippen MR) is 98.1 cm³/mol. The third-order valence-corrected chi connectivity index (χ3v) is 4.33. The molecule has 25 heavy (non-hydrogen) atoms. The van der Waals surface area contributed by atoms with E-state index in [1.165, 1.54) is 0 Å². The van der Waals surface area contributed by atoms with Crippen LogP contribution in [-0.4, -0.2) is 34.1 Å². The van der Waals surface area contributed by atoms with Gasteiger partial charge in [-0.1, -0.05) is 12.1 Å². The lowest BCUT2D eigenvalue weighted by atomic mass is 10.0. The molecule has 0 aliphatic rings. The van der Waals surface area contributed by atoms with E-state index < -0.39 is 0 Å². The minimum absolute atomic E-state index is 0.00800. The number of carbonyl (C=O) groups excluding carboxylic acids is 1. The van der Waals surface area contributed by atoms with Crippen molar-refractivity contribution in [2.45, 2.75) is 19.3 Å². The van der Waals surface area contributed by atoms with Crippen molar-refractivity contribution in [2.24, 2.45) is 5.92 Å². The first-order valence-electron chi connectivity index (χ1n) is 8.58. The van der Waals surface area contributed by atoms with Crippen LogP contribution in [0.25, 0.3) is 10.9 Å². The van der Waals surface area contributed by atoms with E-state index in [2.05, 4.69) is 21.4 Å². The van der Waals surface area contributed by atoms with Crippen molar-refractivity contribution in [1.29, 1.82) is 0 Å². The monoisotopic (exact) mass is 337 g/mol. The number of aromatic nitrogens is 2. The van der Waals surface area contributed by atoms with Crippen LogP contribution in [0.15, 0.2) is 54.9 Å². The SMILES string of the molecule is O=C(CCc1ccc2[nH]ccc2c1)NCC(CO)Cc1ccccn1. The van der Waals surface area contributed by atoms with Gasteiger partial charge in [-0.15, -0.1) is 0 Å². The van der Waals surface area contributed by atoms with E-state index in [4.69, 9.17) is 0 Å². The maximum absolute atomic E-state index is 12.1. The van der Waals surface area contributed by atoms with Gasteiger partial charge in [-0.3, -0.25) is 9.78 Å². The second-order valence-corrected chi connectivity index (χ2v) is 6.28. The Morgan fingerprint density at radius 3 is 2.96 bits per heavy atom. The molecule has 0 aliphatic carbocycles. The van der Waals surface area contributed by atoms with Crippen LogP contribution >= 0.6 is 0 Å². The maximum Gasteiger partial charge on any atom is 0.220 e. The molecular formula is C20H23N3O2. The lowest BCUT2D eigenvalue weighted by molar-refractivity contribution is -0.121. The van der Waals surface area contributed by atoms with E-state index in [0.717, 1.165) is 22.2 Å². The average Bonchev–Trinajstić information content (AvgIpc) is 3.12. The fourth-order valence-electron chi connectivity index (χ4n) is 2.88. The van der Waals surface area contributed by atoms with Gasteiger partial charge in [0.05, 0.1) is 0 Å². The first-order chi connectivity index (χ1) is 12.2. The van der Waals surface area contributed by atoms with E-state index in [9.17, 15) is 9.90 Å².